The first-order valence-electron chi connectivity index (χ1n) is 10.1. The number of ether oxygens (including phenoxy) is 1. The molecule has 8 nitrogen and oxygen atoms in total. The molecule has 2 atom stereocenters. The van der Waals surface area contributed by atoms with Crippen molar-refractivity contribution in [2.24, 2.45) is 5.92 Å². The Balaban J connectivity index is 1.64. The largest absolute Gasteiger partial charge is 0.462 e. The molecule has 0 radical (unpaired) electrons. The fourth-order valence-electron chi connectivity index (χ4n) is 3.27. The van der Waals surface area contributed by atoms with E-state index >= 15 is 0 Å². The van der Waals surface area contributed by atoms with Crippen LogP contribution in [0.4, 0.5) is 0 Å². The maximum atomic E-state index is 12.7. The van der Waals surface area contributed by atoms with E-state index in [1.807, 2.05) is 6.92 Å². The normalized spacial score (nSPS) is 16.2. The van der Waals surface area contributed by atoms with Crippen LogP contribution in [0.3, 0.4) is 0 Å². The van der Waals surface area contributed by atoms with Crippen molar-refractivity contribution in [1.82, 2.24) is 9.62 Å². The summed E-state index contributed by atoms with van der Waals surface area (Å²) in [5.74, 6) is -2.06. The molecular weight excluding hydrogens is 456 g/mol. The summed E-state index contributed by atoms with van der Waals surface area (Å²) >= 11 is 5.84. The number of hydrogen-bond donors (Lipinski definition) is 1. The number of rotatable bonds is 8. The van der Waals surface area contributed by atoms with Gasteiger partial charge in [-0.2, -0.15) is 0 Å². The Morgan fingerprint density at radius 2 is 1.78 bits per heavy atom. The molecule has 10 heteroatoms. The summed E-state index contributed by atoms with van der Waals surface area (Å²) in [7, 11) is -3.98. The first kappa shape index (κ1) is 23.7. The third-order valence-corrected chi connectivity index (χ3v) is 7.40. The van der Waals surface area contributed by atoms with Gasteiger partial charge in [-0.3, -0.25) is 9.59 Å². The molecule has 0 aromatic heterocycles. The second kappa shape index (κ2) is 9.70. The van der Waals surface area contributed by atoms with Gasteiger partial charge in [-0.05, 0) is 42.3 Å². The van der Waals surface area contributed by atoms with Crippen LogP contribution in [0.2, 0.25) is 5.02 Å². The van der Waals surface area contributed by atoms with E-state index in [9.17, 15) is 22.8 Å². The summed E-state index contributed by atoms with van der Waals surface area (Å²) in [6.07, 6.45) is 0.592. The van der Waals surface area contributed by atoms with Crippen LogP contribution in [0.15, 0.2) is 53.4 Å². The maximum absolute atomic E-state index is 12.7. The van der Waals surface area contributed by atoms with Gasteiger partial charge in [0, 0.05) is 10.6 Å². The van der Waals surface area contributed by atoms with E-state index in [2.05, 4.69) is 5.32 Å². The first-order valence-corrected chi connectivity index (χ1v) is 11.9. The first-order chi connectivity index (χ1) is 15.2. The smallest absolute Gasteiger partial charge is 0.328 e. The number of carbonyl (C=O) groups is 3. The summed E-state index contributed by atoms with van der Waals surface area (Å²) in [5, 5.41) is 3.15. The van der Waals surface area contributed by atoms with E-state index in [4.69, 9.17) is 16.3 Å². The van der Waals surface area contributed by atoms with Crippen molar-refractivity contribution in [2.45, 2.75) is 31.2 Å². The van der Waals surface area contributed by atoms with Gasteiger partial charge in [0.25, 0.3) is 21.8 Å². The predicted octanol–water partition coefficient (Wildman–Crippen LogP) is 2.87. The lowest BCUT2D eigenvalue weighted by Crippen LogP contribution is -2.46. The summed E-state index contributed by atoms with van der Waals surface area (Å²) < 4.78 is 31.1. The lowest BCUT2D eigenvalue weighted by atomic mass is 9.99. The van der Waals surface area contributed by atoms with Crippen molar-refractivity contribution in [3.05, 3.63) is 64.7 Å². The van der Waals surface area contributed by atoms with Crippen LogP contribution in [-0.2, 0) is 19.6 Å². The Morgan fingerprint density at radius 3 is 2.41 bits per heavy atom. The molecule has 0 aliphatic carbocycles. The minimum absolute atomic E-state index is 0.0657. The molecule has 0 bridgehead atoms. The Morgan fingerprint density at radius 1 is 1.12 bits per heavy atom. The number of fused-ring (bicyclic) bond motifs is 1. The van der Waals surface area contributed by atoms with Gasteiger partial charge in [-0.25, -0.2) is 17.5 Å². The molecule has 0 unspecified atom stereocenters. The fourth-order valence-corrected chi connectivity index (χ4v) is 4.94. The second-order valence-corrected chi connectivity index (χ2v) is 9.66. The molecule has 0 fully saturated rings. The van der Waals surface area contributed by atoms with Gasteiger partial charge in [-0.15, -0.1) is 0 Å². The zero-order chi connectivity index (χ0) is 23.5. The highest BCUT2D eigenvalue weighted by Crippen LogP contribution is 2.29. The van der Waals surface area contributed by atoms with Crippen molar-refractivity contribution in [3.8, 4) is 0 Å². The molecule has 0 saturated heterocycles. The zero-order valence-corrected chi connectivity index (χ0v) is 19.2. The summed E-state index contributed by atoms with van der Waals surface area (Å²) in [4.78, 5) is 37.6. The molecule has 0 spiro atoms. The van der Waals surface area contributed by atoms with E-state index in [-0.39, 0.29) is 29.5 Å². The van der Waals surface area contributed by atoms with Crippen molar-refractivity contribution >= 4 is 39.4 Å². The van der Waals surface area contributed by atoms with E-state index in [1.54, 1.807) is 25.1 Å². The molecule has 2 aromatic carbocycles. The van der Waals surface area contributed by atoms with Crippen molar-refractivity contribution < 1.29 is 27.5 Å². The number of amides is 2. The lowest BCUT2D eigenvalue weighted by Gasteiger charge is -2.23. The maximum Gasteiger partial charge on any atom is 0.328 e. The van der Waals surface area contributed by atoms with E-state index < -0.39 is 33.8 Å². The van der Waals surface area contributed by atoms with E-state index in [0.29, 0.717) is 21.3 Å². The third kappa shape index (κ3) is 4.78. The Labute approximate surface area is 191 Å². The SMILES string of the molecule is CC[C@H](C)[C@@H](NC(=O)c1ccc(Cl)cc1)C(=O)OCCN1C(=O)c2ccccc2S1(=O)=O. The second-order valence-electron chi connectivity index (χ2n) is 7.39. The van der Waals surface area contributed by atoms with Crippen LogP contribution in [0.5, 0.6) is 0 Å². The highest BCUT2D eigenvalue weighted by atomic mass is 35.5. The number of hydrogen-bond acceptors (Lipinski definition) is 6. The molecule has 2 amide bonds. The average Bonchev–Trinajstić information content (AvgIpc) is 2.97. The number of carbonyl (C=O) groups excluding carboxylic acids is 3. The number of nitrogens with zero attached hydrogens (tertiary/aromatic N) is 1. The molecule has 1 N–H and O–H groups in total. The van der Waals surface area contributed by atoms with Crippen LogP contribution < -0.4 is 5.32 Å². The third-order valence-electron chi connectivity index (χ3n) is 5.31. The molecule has 1 heterocycles. The van der Waals surface area contributed by atoms with Gasteiger partial charge in [0.15, 0.2) is 0 Å². The number of esters is 1. The average molecular weight is 479 g/mol. The number of sulfonamides is 1. The molecule has 2 aromatic rings. The summed E-state index contributed by atoms with van der Waals surface area (Å²) in [6, 6.07) is 11.2. The van der Waals surface area contributed by atoms with Gasteiger partial charge in [-0.1, -0.05) is 44.0 Å². The fraction of sp³-hybridized carbons (Fsp3) is 0.318. The summed E-state index contributed by atoms with van der Waals surface area (Å²) in [5.41, 5.74) is 0.425. The van der Waals surface area contributed by atoms with Crippen LogP contribution in [0, 0.1) is 5.92 Å². The van der Waals surface area contributed by atoms with Gasteiger partial charge in [0.1, 0.15) is 17.5 Å². The number of benzene rings is 2. The molecule has 0 saturated carbocycles. The van der Waals surface area contributed by atoms with Crippen molar-refractivity contribution in [2.75, 3.05) is 13.2 Å². The van der Waals surface area contributed by atoms with E-state index in [1.165, 1.54) is 30.3 Å². The monoisotopic (exact) mass is 478 g/mol. The molecule has 32 heavy (non-hydrogen) atoms. The molecule has 170 valence electrons. The highest BCUT2D eigenvalue weighted by Gasteiger charge is 2.40. The zero-order valence-electron chi connectivity index (χ0n) is 17.6. The number of nitrogens with one attached hydrogen (secondary N) is 1. The van der Waals surface area contributed by atoms with Gasteiger partial charge in [0.2, 0.25) is 0 Å². The molecular formula is C22H23ClN2O6S. The predicted molar refractivity (Wildman–Crippen MR) is 118 cm³/mol. The van der Waals surface area contributed by atoms with Crippen LogP contribution in [0.25, 0.3) is 0 Å². The minimum Gasteiger partial charge on any atom is -0.462 e. The van der Waals surface area contributed by atoms with Gasteiger partial charge >= 0.3 is 5.97 Å². The van der Waals surface area contributed by atoms with Gasteiger partial charge < -0.3 is 10.1 Å². The Kier molecular flexibility index (Phi) is 7.20. The van der Waals surface area contributed by atoms with Crippen LogP contribution in [-0.4, -0.2) is 49.7 Å². The van der Waals surface area contributed by atoms with Crippen molar-refractivity contribution in [1.29, 1.82) is 0 Å². The molecule has 3 rings (SSSR count). The Bertz CT molecular complexity index is 1130. The molecule has 1 aliphatic rings. The standard InChI is InChI=1S/C22H23ClN2O6S/c1-3-14(2)19(24-20(26)15-8-10-16(23)11-9-15)22(28)31-13-12-25-21(27)17-6-4-5-7-18(17)32(25,29)30/h4-11,14,19H,3,12-13H2,1-2H3,(H,24,26)/t14-,19+/m0/s1. The van der Waals surface area contributed by atoms with Gasteiger partial charge in [0.05, 0.1) is 12.1 Å². The lowest BCUT2D eigenvalue weighted by molar-refractivity contribution is -0.147. The van der Waals surface area contributed by atoms with Crippen molar-refractivity contribution in [3.63, 3.8) is 0 Å². The number of halogens is 1. The topological polar surface area (TPSA) is 110 Å². The Hall–Kier alpha value is -2.91. The van der Waals surface area contributed by atoms with E-state index in [0.717, 1.165) is 0 Å². The summed E-state index contributed by atoms with van der Waals surface area (Å²) in [6.45, 7) is 3.01. The minimum atomic E-state index is -3.98. The highest BCUT2D eigenvalue weighted by molar-refractivity contribution is 7.90. The van der Waals surface area contributed by atoms with Crippen LogP contribution >= 0.6 is 11.6 Å². The molecule has 1 aliphatic heterocycles. The quantitative estimate of drug-likeness (QED) is 0.584. The van der Waals surface area contributed by atoms with Crippen LogP contribution in [0.1, 0.15) is 41.0 Å².